The Kier molecular flexibility index (Phi) is 6.36. The van der Waals surface area contributed by atoms with Gasteiger partial charge in [-0.25, -0.2) is 0 Å². The molecular formula is C27H24F3N3O4. The number of carbonyl (C=O) groups excluding carboxylic acids is 2. The number of amides is 2. The lowest BCUT2D eigenvalue weighted by Gasteiger charge is -2.35. The molecule has 3 aromatic rings. The van der Waals surface area contributed by atoms with E-state index in [1.807, 2.05) is 25.1 Å². The van der Waals surface area contributed by atoms with Gasteiger partial charge in [-0.15, -0.1) is 0 Å². The van der Waals surface area contributed by atoms with Gasteiger partial charge < -0.3 is 20.1 Å². The fourth-order valence-electron chi connectivity index (χ4n) is 4.62. The molecule has 1 spiro atoms. The Morgan fingerprint density at radius 1 is 1.14 bits per heavy atom. The van der Waals surface area contributed by atoms with Crippen LogP contribution < -0.4 is 15.4 Å². The van der Waals surface area contributed by atoms with E-state index in [-0.39, 0.29) is 17.9 Å². The first-order valence-corrected chi connectivity index (χ1v) is 11.8. The molecule has 2 aromatic carbocycles. The number of rotatable bonds is 3. The Morgan fingerprint density at radius 3 is 2.73 bits per heavy atom. The molecule has 1 aromatic heterocycles. The third kappa shape index (κ3) is 5.29. The van der Waals surface area contributed by atoms with Crippen molar-refractivity contribution in [3.05, 3.63) is 71.5 Å². The number of hydrogen-bond acceptors (Lipinski definition) is 5. The topological polar surface area (TPSA) is 89.6 Å². The van der Waals surface area contributed by atoms with E-state index < -0.39 is 23.4 Å². The molecule has 0 unspecified atom stereocenters. The molecule has 2 aliphatic rings. The molecular weight excluding hydrogens is 487 g/mol. The van der Waals surface area contributed by atoms with Gasteiger partial charge in [0.15, 0.2) is 0 Å². The fourth-order valence-corrected chi connectivity index (χ4v) is 4.62. The molecule has 0 bridgehead atoms. The van der Waals surface area contributed by atoms with Crippen LogP contribution in [-0.2, 0) is 15.7 Å². The number of aryl methyl sites for hydroxylation is 1. The third-order valence-corrected chi connectivity index (χ3v) is 6.47. The summed E-state index contributed by atoms with van der Waals surface area (Å²) in [6.07, 6.45) is -2.00. The molecule has 2 amide bonds. The van der Waals surface area contributed by atoms with Crippen molar-refractivity contribution in [3.8, 4) is 16.9 Å². The van der Waals surface area contributed by atoms with Gasteiger partial charge in [0.25, 0.3) is 5.91 Å². The Labute approximate surface area is 211 Å². The number of fused-ring (bicyclic) bond motifs is 1. The maximum Gasteiger partial charge on any atom is 0.433 e. The number of pyridine rings is 1. The first-order chi connectivity index (χ1) is 17.6. The van der Waals surface area contributed by atoms with Crippen LogP contribution in [-0.4, -0.2) is 35.6 Å². The molecule has 2 N–H and O–H groups in total. The quantitative estimate of drug-likeness (QED) is 0.478. The smallest absolute Gasteiger partial charge is 0.433 e. The number of alkyl halides is 3. The predicted octanol–water partition coefficient (Wildman–Crippen LogP) is 5.60. The Balaban J connectivity index is 1.43. The van der Waals surface area contributed by atoms with Gasteiger partial charge in [0.05, 0.1) is 18.7 Å². The summed E-state index contributed by atoms with van der Waals surface area (Å²) in [5.41, 5.74) is 1.46. The van der Waals surface area contributed by atoms with E-state index in [4.69, 9.17) is 9.47 Å². The molecule has 3 heterocycles. The molecule has 1 atom stereocenters. The van der Waals surface area contributed by atoms with Crippen LogP contribution in [0, 0.1) is 6.92 Å². The van der Waals surface area contributed by atoms with Crippen molar-refractivity contribution >= 4 is 23.2 Å². The van der Waals surface area contributed by atoms with Gasteiger partial charge in [0, 0.05) is 24.1 Å². The van der Waals surface area contributed by atoms with Crippen molar-refractivity contribution < 1.29 is 32.2 Å². The van der Waals surface area contributed by atoms with Crippen molar-refractivity contribution in [3.63, 3.8) is 0 Å². The number of nitrogens with one attached hydrogen (secondary N) is 2. The van der Waals surface area contributed by atoms with Crippen LogP contribution in [0.3, 0.4) is 0 Å². The second-order valence-electron chi connectivity index (χ2n) is 9.29. The fraction of sp³-hybridized carbons (Fsp3) is 0.296. The number of carbonyl (C=O) groups is 2. The zero-order chi connectivity index (χ0) is 26.2. The second-order valence-corrected chi connectivity index (χ2v) is 9.29. The number of ether oxygens (including phenoxy) is 2. The van der Waals surface area contributed by atoms with Crippen molar-refractivity contribution in [2.75, 3.05) is 23.8 Å². The van der Waals surface area contributed by atoms with Crippen LogP contribution in [0.4, 0.5) is 24.5 Å². The molecule has 1 fully saturated rings. The van der Waals surface area contributed by atoms with Crippen molar-refractivity contribution in [1.29, 1.82) is 0 Å². The number of aromatic nitrogens is 1. The SMILES string of the molecule is Cc1ccc(NC(=O)c2ccnc(C(F)(F)F)c2)cc1-c1ccc2c(c1)O[C@@]1(CCCOC1)CC(=O)N2. The van der Waals surface area contributed by atoms with Gasteiger partial charge in [-0.05, 0) is 72.9 Å². The summed E-state index contributed by atoms with van der Waals surface area (Å²) in [5, 5.41) is 5.56. The molecule has 10 heteroatoms. The summed E-state index contributed by atoms with van der Waals surface area (Å²) < 4.78 is 51.0. The van der Waals surface area contributed by atoms with Crippen molar-refractivity contribution in [1.82, 2.24) is 4.98 Å². The molecule has 0 aliphatic carbocycles. The van der Waals surface area contributed by atoms with Gasteiger partial charge in [-0.1, -0.05) is 12.1 Å². The first-order valence-electron chi connectivity index (χ1n) is 11.8. The lowest BCUT2D eigenvalue weighted by atomic mass is 9.92. The Hall–Kier alpha value is -3.92. The van der Waals surface area contributed by atoms with Crippen molar-refractivity contribution in [2.45, 2.75) is 38.0 Å². The lowest BCUT2D eigenvalue weighted by molar-refractivity contribution is -0.141. The largest absolute Gasteiger partial charge is 0.482 e. The van der Waals surface area contributed by atoms with Crippen LogP contribution in [0.2, 0.25) is 0 Å². The van der Waals surface area contributed by atoms with Gasteiger partial charge in [-0.3, -0.25) is 14.6 Å². The number of benzene rings is 2. The standard InChI is InChI=1S/C27H24F3N3O4/c1-16-3-5-19(32-25(35)18-7-9-31-23(12-18)27(28,29)30)13-20(16)17-4-6-21-22(11-17)37-26(14-24(34)33-21)8-2-10-36-15-26/h3-7,9,11-13H,2,8,10,14-15H2,1H3,(H,32,35)(H,33,34)/t26-/m0/s1. The molecule has 0 saturated carbocycles. The normalized spacial score (nSPS) is 19.4. The van der Waals surface area contributed by atoms with E-state index >= 15 is 0 Å². The minimum absolute atomic E-state index is 0.136. The van der Waals surface area contributed by atoms with Crippen molar-refractivity contribution in [2.24, 2.45) is 0 Å². The highest BCUT2D eigenvalue weighted by Gasteiger charge is 2.40. The van der Waals surface area contributed by atoms with Gasteiger partial charge in [-0.2, -0.15) is 13.2 Å². The molecule has 1 saturated heterocycles. The molecule has 7 nitrogen and oxygen atoms in total. The van der Waals surface area contributed by atoms with Crippen LogP contribution in [0.25, 0.3) is 11.1 Å². The minimum Gasteiger partial charge on any atom is -0.482 e. The zero-order valence-electron chi connectivity index (χ0n) is 19.9. The van der Waals surface area contributed by atoms with Gasteiger partial charge in [0.2, 0.25) is 5.91 Å². The summed E-state index contributed by atoms with van der Waals surface area (Å²) in [7, 11) is 0. The number of halogens is 3. The van der Waals surface area contributed by atoms with E-state index in [2.05, 4.69) is 15.6 Å². The highest BCUT2D eigenvalue weighted by molar-refractivity contribution is 6.04. The van der Waals surface area contributed by atoms with Gasteiger partial charge in [0.1, 0.15) is 17.0 Å². The third-order valence-electron chi connectivity index (χ3n) is 6.47. The zero-order valence-corrected chi connectivity index (χ0v) is 19.9. The monoisotopic (exact) mass is 511 g/mol. The Morgan fingerprint density at radius 2 is 1.97 bits per heavy atom. The summed E-state index contributed by atoms with van der Waals surface area (Å²) in [6, 6.07) is 12.6. The number of hydrogen-bond donors (Lipinski definition) is 2. The number of nitrogens with zero attached hydrogens (tertiary/aromatic N) is 1. The van der Waals surface area contributed by atoms with Gasteiger partial charge >= 0.3 is 6.18 Å². The van der Waals surface area contributed by atoms with Crippen LogP contribution >= 0.6 is 0 Å². The maximum atomic E-state index is 13.0. The molecule has 5 rings (SSSR count). The highest BCUT2D eigenvalue weighted by atomic mass is 19.4. The average Bonchev–Trinajstić information content (AvgIpc) is 2.99. The van der Waals surface area contributed by atoms with E-state index in [1.165, 1.54) is 6.07 Å². The van der Waals surface area contributed by atoms with E-state index in [1.54, 1.807) is 18.2 Å². The highest BCUT2D eigenvalue weighted by Crippen LogP contribution is 2.40. The maximum absolute atomic E-state index is 13.0. The first kappa shape index (κ1) is 24.8. The average molecular weight is 512 g/mol. The molecule has 0 radical (unpaired) electrons. The van der Waals surface area contributed by atoms with E-state index in [9.17, 15) is 22.8 Å². The lowest BCUT2D eigenvalue weighted by Crippen LogP contribution is -2.45. The summed E-state index contributed by atoms with van der Waals surface area (Å²) >= 11 is 0. The molecule has 2 aliphatic heterocycles. The van der Waals surface area contributed by atoms with Crippen LogP contribution in [0.15, 0.2) is 54.7 Å². The second kappa shape index (κ2) is 9.51. The predicted molar refractivity (Wildman–Crippen MR) is 130 cm³/mol. The summed E-state index contributed by atoms with van der Waals surface area (Å²) in [4.78, 5) is 28.5. The van der Waals surface area contributed by atoms with Crippen LogP contribution in [0.5, 0.6) is 5.75 Å². The summed E-state index contributed by atoms with van der Waals surface area (Å²) in [5.74, 6) is -0.295. The molecule has 37 heavy (non-hydrogen) atoms. The minimum atomic E-state index is -4.65. The Bertz CT molecular complexity index is 1370. The summed E-state index contributed by atoms with van der Waals surface area (Å²) in [6.45, 7) is 2.87. The van der Waals surface area contributed by atoms with E-state index in [0.29, 0.717) is 42.8 Å². The number of anilines is 2. The van der Waals surface area contributed by atoms with Crippen LogP contribution in [0.1, 0.15) is 40.9 Å². The molecule has 192 valence electrons. The van der Waals surface area contributed by atoms with E-state index in [0.717, 1.165) is 29.3 Å².